The van der Waals surface area contributed by atoms with Gasteiger partial charge >= 0.3 is 11.9 Å². The van der Waals surface area contributed by atoms with Crippen LogP contribution in [0.4, 0.5) is 0 Å². The predicted octanol–water partition coefficient (Wildman–Crippen LogP) is 0.196. The van der Waals surface area contributed by atoms with Crippen molar-refractivity contribution in [1.82, 2.24) is 19.9 Å². The Balaban J connectivity index is 2.35. The zero-order valence-corrected chi connectivity index (χ0v) is 7.76. The average Bonchev–Trinajstić information content (AvgIpc) is 2.86. The second-order valence-electron chi connectivity index (χ2n) is 2.90. The number of aromatic nitrogens is 4. The maximum Gasteiger partial charge on any atom is 0.353 e. The van der Waals surface area contributed by atoms with E-state index in [-0.39, 0.29) is 23.0 Å². The van der Waals surface area contributed by atoms with Crippen molar-refractivity contribution in [1.29, 1.82) is 0 Å². The van der Waals surface area contributed by atoms with E-state index in [1.165, 1.54) is 0 Å². The second kappa shape index (κ2) is 3.50. The number of nitrogens with zero attached hydrogens (tertiary/aromatic N) is 2. The summed E-state index contributed by atoms with van der Waals surface area (Å²) < 4.78 is 0. The summed E-state index contributed by atoms with van der Waals surface area (Å²) in [4.78, 5) is 33.6. The Kier molecular flexibility index (Phi) is 2.16. The van der Waals surface area contributed by atoms with Gasteiger partial charge in [-0.25, -0.2) is 19.6 Å². The van der Waals surface area contributed by atoms with Crippen molar-refractivity contribution in [3.05, 3.63) is 23.8 Å². The van der Waals surface area contributed by atoms with Crippen molar-refractivity contribution in [2.45, 2.75) is 0 Å². The van der Waals surface area contributed by atoms with E-state index in [1.807, 2.05) is 0 Å². The van der Waals surface area contributed by atoms with Crippen LogP contribution in [0.2, 0.25) is 0 Å². The molecule has 0 spiro atoms. The first-order valence-corrected chi connectivity index (χ1v) is 4.15. The number of carboxylic acid groups (broad SMARTS) is 2. The summed E-state index contributed by atoms with van der Waals surface area (Å²) in [5, 5.41) is 17.3. The lowest BCUT2D eigenvalue weighted by Gasteiger charge is -1.89. The molecule has 0 bridgehead atoms. The minimum atomic E-state index is -1.15. The molecule has 0 aliphatic carbocycles. The van der Waals surface area contributed by atoms with E-state index < -0.39 is 11.9 Å². The number of aromatic carboxylic acids is 2. The molecule has 0 amide bonds. The Bertz CT molecular complexity index is 506. The first-order chi connectivity index (χ1) is 7.58. The molecule has 0 radical (unpaired) electrons. The van der Waals surface area contributed by atoms with Crippen LogP contribution in [-0.2, 0) is 0 Å². The van der Waals surface area contributed by atoms with Gasteiger partial charge < -0.3 is 20.2 Å². The molecule has 2 aromatic heterocycles. The minimum Gasteiger partial charge on any atom is -0.477 e. The molecule has 0 saturated heterocycles. The van der Waals surface area contributed by atoms with Crippen LogP contribution in [0.3, 0.4) is 0 Å². The summed E-state index contributed by atoms with van der Waals surface area (Å²) in [6, 6.07) is 0. The Morgan fingerprint density at radius 3 is 1.56 bits per heavy atom. The molecule has 2 heterocycles. The summed E-state index contributed by atoms with van der Waals surface area (Å²) in [6.45, 7) is 0. The van der Waals surface area contributed by atoms with E-state index >= 15 is 0 Å². The van der Waals surface area contributed by atoms with E-state index in [2.05, 4.69) is 19.9 Å². The van der Waals surface area contributed by atoms with Gasteiger partial charge in [0.25, 0.3) is 0 Å². The summed E-state index contributed by atoms with van der Waals surface area (Å²) in [7, 11) is 0. The summed E-state index contributed by atoms with van der Waals surface area (Å²) in [5.74, 6) is -1.96. The largest absolute Gasteiger partial charge is 0.477 e. The Labute approximate surface area is 88.0 Å². The number of aromatic amines is 2. The summed E-state index contributed by atoms with van der Waals surface area (Å²) >= 11 is 0. The average molecular weight is 222 g/mol. The third-order valence-electron chi connectivity index (χ3n) is 1.84. The molecule has 8 nitrogen and oxygen atoms in total. The van der Waals surface area contributed by atoms with Gasteiger partial charge in [0, 0.05) is 0 Å². The second-order valence-corrected chi connectivity index (χ2v) is 2.90. The lowest BCUT2D eigenvalue weighted by atomic mass is 10.5. The Hall–Kier alpha value is -2.64. The quantitative estimate of drug-likeness (QED) is 0.586. The minimum absolute atomic E-state index is 0.0942. The number of H-pyrrole nitrogens is 2. The van der Waals surface area contributed by atoms with Gasteiger partial charge in [0.2, 0.25) is 0 Å². The number of hydrogen-bond donors (Lipinski definition) is 4. The molecule has 0 saturated carbocycles. The van der Waals surface area contributed by atoms with Crippen molar-refractivity contribution in [3.63, 3.8) is 0 Å². The van der Waals surface area contributed by atoms with Crippen LogP contribution in [0.5, 0.6) is 0 Å². The van der Waals surface area contributed by atoms with Gasteiger partial charge in [0.05, 0.1) is 12.4 Å². The van der Waals surface area contributed by atoms with Gasteiger partial charge in [-0.15, -0.1) is 0 Å². The van der Waals surface area contributed by atoms with Crippen LogP contribution >= 0.6 is 0 Å². The molecule has 0 unspecified atom stereocenters. The highest BCUT2D eigenvalue weighted by molar-refractivity contribution is 5.86. The molecule has 0 fully saturated rings. The van der Waals surface area contributed by atoms with Crippen LogP contribution in [0.25, 0.3) is 11.6 Å². The van der Waals surface area contributed by atoms with E-state index in [0.717, 1.165) is 12.4 Å². The molecule has 2 aromatic rings. The van der Waals surface area contributed by atoms with Crippen molar-refractivity contribution < 1.29 is 19.8 Å². The fraction of sp³-hybridized carbons (Fsp3) is 0. The Morgan fingerprint density at radius 1 is 0.938 bits per heavy atom. The SMILES string of the molecule is O=C(O)c1cnc(-c2ncc(C(=O)O)[nH]2)[nH]1. The first kappa shape index (κ1) is 9.90. The third kappa shape index (κ3) is 1.63. The summed E-state index contributed by atoms with van der Waals surface area (Å²) in [6.07, 6.45) is 2.25. The van der Waals surface area contributed by atoms with Crippen LogP contribution in [0.1, 0.15) is 21.0 Å². The number of hydrogen-bond acceptors (Lipinski definition) is 4. The van der Waals surface area contributed by atoms with E-state index in [1.54, 1.807) is 0 Å². The van der Waals surface area contributed by atoms with Gasteiger partial charge in [-0.3, -0.25) is 0 Å². The maximum atomic E-state index is 10.6. The summed E-state index contributed by atoms with van der Waals surface area (Å²) in [5.41, 5.74) is -0.188. The number of carbonyl (C=O) groups is 2. The smallest absolute Gasteiger partial charge is 0.353 e. The van der Waals surface area contributed by atoms with Crippen LogP contribution in [0.15, 0.2) is 12.4 Å². The highest BCUT2D eigenvalue weighted by Gasteiger charge is 2.13. The van der Waals surface area contributed by atoms with Crippen molar-refractivity contribution in [3.8, 4) is 11.6 Å². The zero-order valence-electron chi connectivity index (χ0n) is 7.76. The van der Waals surface area contributed by atoms with Gasteiger partial charge in [-0.2, -0.15) is 0 Å². The van der Waals surface area contributed by atoms with Crippen molar-refractivity contribution >= 4 is 11.9 Å². The Morgan fingerprint density at radius 2 is 1.31 bits per heavy atom. The van der Waals surface area contributed by atoms with Crippen molar-refractivity contribution in [2.24, 2.45) is 0 Å². The molecule has 0 aliphatic heterocycles. The normalized spacial score (nSPS) is 10.2. The van der Waals surface area contributed by atoms with E-state index in [0.29, 0.717) is 0 Å². The lowest BCUT2D eigenvalue weighted by Crippen LogP contribution is -1.97. The van der Waals surface area contributed by atoms with E-state index in [4.69, 9.17) is 10.2 Å². The van der Waals surface area contributed by atoms with Gasteiger partial charge in [0.1, 0.15) is 11.4 Å². The van der Waals surface area contributed by atoms with Gasteiger partial charge in [-0.1, -0.05) is 0 Å². The number of carboxylic acids is 2. The molecule has 4 N–H and O–H groups in total. The first-order valence-electron chi connectivity index (χ1n) is 4.15. The molecule has 16 heavy (non-hydrogen) atoms. The molecule has 2 rings (SSSR count). The standard InChI is InChI=1S/C8H6N4O4/c13-7(14)3-1-9-5(11-3)6-10-2-4(12-6)8(15)16/h1-2H,(H,9,11)(H,10,12)(H,13,14)(H,15,16). The lowest BCUT2D eigenvalue weighted by molar-refractivity contribution is 0.0680. The number of rotatable bonds is 3. The molecule has 0 aliphatic rings. The predicted molar refractivity (Wildman–Crippen MR) is 50.1 cm³/mol. The fourth-order valence-electron chi connectivity index (χ4n) is 1.10. The number of nitrogens with one attached hydrogen (secondary N) is 2. The highest BCUT2D eigenvalue weighted by Crippen LogP contribution is 2.11. The fourth-order valence-corrected chi connectivity index (χ4v) is 1.10. The van der Waals surface area contributed by atoms with Crippen LogP contribution < -0.4 is 0 Å². The monoisotopic (exact) mass is 222 g/mol. The maximum absolute atomic E-state index is 10.6. The van der Waals surface area contributed by atoms with Crippen LogP contribution in [-0.4, -0.2) is 42.1 Å². The topological polar surface area (TPSA) is 132 Å². The molecule has 0 atom stereocenters. The van der Waals surface area contributed by atoms with E-state index in [9.17, 15) is 9.59 Å². The van der Waals surface area contributed by atoms with Gasteiger partial charge in [-0.05, 0) is 0 Å². The third-order valence-corrected chi connectivity index (χ3v) is 1.84. The van der Waals surface area contributed by atoms with Crippen LogP contribution in [0, 0.1) is 0 Å². The molecule has 8 heteroatoms. The highest BCUT2D eigenvalue weighted by atomic mass is 16.4. The zero-order chi connectivity index (χ0) is 11.7. The molecular weight excluding hydrogens is 216 g/mol. The number of imidazole rings is 2. The van der Waals surface area contributed by atoms with Crippen molar-refractivity contribution in [2.75, 3.05) is 0 Å². The molecule has 0 aromatic carbocycles. The molecular formula is C8H6N4O4. The molecule has 82 valence electrons. The van der Waals surface area contributed by atoms with Gasteiger partial charge in [0.15, 0.2) is 11.6 Å².